The molecule has 12 nitrogen and oxygen atoms in total. The molecule has 1 fully saturated rings. The second kappa shape index (κ2) is 54.2. The van der Waals surface area contributed by atoms with Crippen LogP contribution in [0.2, 0.25) is 0 Å². The third kappa shape index (κ3) is 44.0. The minimum absolute atomic E-state index is 0.0936. The smallest absolute Gasteiger partial charge is 0.335 e. The number of ether oxygens (including phenoxy) is 5. The summed E-state index contributed by atoms with van der Waals surface area (Å²) in [6.45, 7) is 5.45. The van der Waals surface area contributed by atoms with E-state index in [1.54, 1.807) is 6.08 Å². The molecule has 0 radical (unpaired) electrons. The van der Waals surface area contributed by atoms with Crippen molar-refractivity contribution in [1.29, 1.82) is 0 Å². The van der Waals surface area contributed by atoms with E-state index in [1.165, 1.54) is 0 Å². The zero-order valence-electron chi connectivity index (χ0n) is 48.9. The van der Waals surface area contributed by atoms with Crippen molar-refractivity contribution in [2.75, 3.05) is 13.2 Å². The van der Waals surface area contributed by atoms with Gasteiger partial charge in [0.1, 0.15) is 18.8 Å². The lowest BCUT2D eigenvalue weighted by Gasteiger charge is -2.40. The molecule has 0 aromatic heterocycles. The minimum atomic E-state index is -1.96. The average molecular weight is 1120 g/mol. The van der Waals surface area contributed by atoms with Crippen LogP contribution in [0.1, 0.15) is 162 Å². The molecule has 446 valence electrons. The lowest BCUT2D eigenvalue weighted by atomic mass is 9.98. The van der Waals surface area contributed by atoms with Crippen LogP contribution in [0.3, 0.4) is 0 Å². The first-order chi connectivity index (χ1) is 39.6. The Bertz CT molecular complexity index is 2160. The molecule has 0 amide bonds. The second-order valence-corrected chi connectivity index (χ2v) is 18.8. The van der Waals surface area contributed by atoms with Gasteiger partial charge in [0, 0.05) is 12.8 Å². The number of hydrogen-bond donors (Lipinski definition) is 3. The topological polar surface area (TPSA) is 175 Å². The van der Waals surface area contributed by atoms with E-state index in [-0.39, 0.29) is 19.3 Å². The first-order valence-electron chi connectivity index (χ1n) is 29.4. The molecule has 6 unspecified atom stereocenters. The Labute approximate surface area is 486 Å². The number of unbranched alkanes of at least 4 members (excludes halogenated alkanes) is 1. The third-order valence-electron chi connectivity index (χ3n) is 11.7. The summed E-state index contributed by atoms with van der Waals surface area (Å²) >= 11 is 0. The van der Waals surface area contributed by atoms with Crippen molar-refractivity contribution >= 4 is 23.9 Å². The van der Waals surface area contributed by atoms with Gasteiger partial charge in [-0.2, -0.15) is 0 Å². The zero-order chi connectivity index (χ0) is 58.9. The van der Waals surface area contributed by atoms with Gasteiger partial charge in [-0.15, -0.1) is 0 Å². The Kier molecular flexibility index (Phi) is 48.5. The van der Waals surface area contributed by atoms with Crippen LogP contribution in [0.5, 0.6) is 0 Å². The molecule has 0 aromatic rings. The molecule has 0 bridgehead atoms. The molecule has 12 heteroatoms. The summed E-state index contributed by atoms with van der Waals surface area (Å²) in [6, 6.07) is 0. The molecular formula is C69H98O12. The zero-order valence-corrected chi connectivity index (χ0v) is 48.9. The summed E-state index contributed by atoms with van der Waals surface area (Å²) in [4.78, 5) is 51.1. The van der Waals surface area contributed by atoms with Gasteiger partial charge in [0.05, 0.1) is 13.0 Å². The summed E-state index contributed by atoms with van der Waals surface area (Å²) in [5, 5.41) is 31.5. The highest BCUT2D eigenvalue weighted by Gasteiger charge is 2.50. The van der Waals surface area contributed by atoms with E-state index in [0.29, 0.717) is 32.1 Å². The van der Waals surface area contributed by atoms with Crippen LogP contribution in [0.4, 0.5) is 0 Å². The molecule has 0 aromatic carbocycles. The van der Waals surface area contributed by atoms with Crippen molar-refractivity contribution in [2.45, 2.75) is 199 Å². The lowest BCUT2D eigenvalue weighted by molar-refractivity contribution is -0.301. The Hall–Kier alpha value is -6.44. The van der Waals surface area contributed by atoms with Gasteiger partial charge in [-0.25, -0.2) is 4.79 Å². The number of hydrogen-bond acceptors (Lipinski definition) is 11. The minimum Gasteiger partial charge on any atom is -0.479 e. The molecule has 0 aliphatic carbocycles. The molecule has 0 spiro atoms. The number of carboxylic acids is 1. The van der Waals surface area contributed by atoms with Crippen molar-refractivity contribution in [2.24, 2.45) is 0 Å². The van der Waals surface area contributed by atoms with Gasteiger partial charge in [-0.3, -0.25) is 14.4 Å². The molecule has 0 saturated carbocycles. The Morgan fingerprint density at radius 3 is 1.16 bits per heavy atom. The van der Waals surface area contributed by atoms with E-state index < -0.39 is 73.9 Å². The first-order valence-corrected chi connectivity index (χ1v) is 29.4. The molecule has 1 saturated heterocycles. The maximum atomic E-state index is 13.1. The predicted molar refractivity (Wildman–Crippen MR) is 330 cm³/mol. The number of allylic oxidation sites excluding steroid dienone is 31. The van der Waals surface area contributed by atoms with Crippen LogP contribution in [0, 0.1) is 0 Å². The van der Waals surface area contributed by atoms with E-state index in [9.17, 15) is 34.5 Å². The molecule has 81 heavy (non-hydrogen) atoms. The average Bonchev–Trinajstić information content (AvgIpc) is 3.54. The quantitative estimate of drug-likeness (QED) is 0.0228. The van der Waals surface area contributed by atoms with Crippen LogP contribution < -0.4 is 0 Å². The van der Waals surface area contributed by atoms with Gasteiger partial charge < -0.3 is 39.0 Å². The van der Waals surface area contributed by atoms with E-state index in [4.69, 9.17) is 23.7 Å². The van der Waals surface area contributed by atoms with Gasteiger partial charge in [0.2, 0.25) is 0 Å². The Balaban J connectivity index is 2.84. The standard InChI is InChI=1S/C69H98O12/c1-4-7-10-13-16-19-22-25-28-30-31-33-36-39-42-45-48-51-54-57-63(72)80-67-65(74)64(73)66(68(75)76)81-69(67)78-59-60(79-62(71)56-53-50-47-44-41-38-34-27-24-21-18-15-12-9-6-3)58-77-61(70)55-52-49-46-43-40-37-35-32-29-26-23-20-17-14-11-8-5-2/h7-12,16-21,25-29,31,33-35,37,39,41-44,46,48,50-51,53,60,64-67,69,73-74H,4-6,13-15,22-24,30,32,36,38,40,45,47,49,52,54-59H2,1-3H3,(H,75,76)/b10-7-,11-8-,12-9-,19-16-,20-17-,21-18-,28-25-,29-26-,33-31-,34-27-,37-35-,42-39-,44-41-,46-43-,51-48-,53-50-. The number of carbonyl (C=O) groups excluding carboxylic acids is 3. The van der Waals surface area contributed by atoms with Crippen molar-refractivity contribution < 1.29 is 58.2 Å². The summed E-state index contributed by atoms with van der Waals surface area (Å²) in [5.74, 6) is -3.52. The number of aliphatic hydroxyl groups excluding tert-OH is 2. The summed E-state index contributed by atoms with van der Waals surface area (Å²) in [6.07, 6.45) is 71.6. The normalized spacial score (nSPS) is 19.1. The maximum Gasteiger partial charge on any atom is 0.335 e. The molecule has 1 heterocycles. The van der Waals surface area contributed by atoms with E-state index in [2.05, 4.69) is 161 Å². The van der Waals surface area contributed by atoms with Crippen LogP contribution in [0.15, 0.2) is 194 Å². The fourth-order valence-electron chi connectivity index (χ4n) is 7.33. The number of carbonyl (C=O) groups is 4. The largest absolute Gasteiger partial charge is 0.479 e. The van der Waals surface area contributed by atoms with E-state index >= 15 is 0 Å². The molecule has 3 N–H and O–H groups in total. The van der Waals surface area contributed by atoms with Crippen LogP contribution in [-0.4, -0.2) is 89.2 Å². The van der Waals surface area contributed by atoms with Gasteiger partial charge >= 0.3 is 23.9 Å². The van der Waals surface area contributed by atoms with Crippen LogP contribution >= 0.6 is 0 Å². The SMILES string of the molecule is CC/C=C\C/C=C\C/C=C\C/C=C\C/C=C\C/C=C\CCC(=O)OC1C(OCC(COC(=O)CCC/C=C\C/C=C\C/C=C\C/C=C\C/C=C\CC)OC(=O)C/C=C\C/C=C\C/C=C\C/C=C\C/C=C\CC)OC(C(=O)O)C(O)C1O. The summed E-state index contributed by atoms with van der Waals surface area (Å²) in [5.41, 5.74) is 0. The Morgan fingerprint density at radius 1 is 0.420 bits per heavy atom. The highest BCUT2D eigenvalue weighted by atomic mass is 16.7. The molecule has 1 rings (SSSR count). The monoisotopic (exact) mass is 1120 g/mol. The van der Waals surface area contributed by atoms with E-state index in [1.807, 2.05) is 48.6 Å². The molecule has 6 atom stereocenters. The van der Waals surface area contributed by atoms with Gasteiger partial charge in [-0.05, 0) is 122 Å². The third-order valence-corrected chi connectivity index (χ3v) is 11.7. The second-order valence-electron chi connectivity index (χ2n) is 18.8. The molecule has 1 aliphatic heterocycles. The fourth-order valence-corrected chi connectivity index (χ4v) is 7.33. The predicted octanol–water partition coefficient (Wildman–Crippen LogP) is 15.4. The lowest BCUT2D eigenvalue weighted by Crippen LogP contribution is -2.61. The number of carboxylic acid groups (broad SMARTS) is 1. The van der Waals surface area contributed by atoms with Crippen molar-refractivity contribution in [3.63, 3.8) is 0 Å². The van der Waals surface area contributed by atoms with Crippen molar-refractivity contribution in [3.8, 4) is 0 Å². The van der Waals surface area contributed by atoms with Gasteiger partial charge in [-0.1, -0.05) is 215 Å². The summed E-state index contributed by atoms with van der Waals surface area (Å²) < 4.78 is 28.1. The number of aliphatic carboxylic acids is 1. The first kappa shape index (κ1) is 72.6. The van der Waals surface area contributed by atoms with Crippen LogP contribution in [-0.2, 0) is 42.9 Å². The van der Waals surface area contributed by atoms with Gasteiger partial charge in [0.15, 0.2) is 24.6 Å². The van der Waals surface area contributed by atoms with E-state index in [0.717, 1.165) is 89.9 Å². The highest BCUT2D eigenvalue weighted by Crippen LogP contribution is 2.26. The highest BCUT2D eigenvalue weighted by molar-refractivity contribution is 5.74. The number of aliphatic hydroxyl groups is 2. The van der Waals surface area contributed by atoms with Crippen LogP contribution in [0.25, 0.3) is 0 Å². The van der Waals surface area contributed by atoms with Gasteiger partial charge in [0.25, 0.3) is 0 Å². The Morgan fingerprint density at radius 2 is 0.778 bits per heavy atom. The molecule has 1 aliphatic rings. The fraction of sp³-hybridized carbons (Fsp3) is 0.478. The number of esters is 3. The molecular weight excluding hydrogens is 1020 g/mol. The summed E-state index contributed by atoms with van der Waals surface area (Å²) in [7, 11) is 0. The number of rotatable bonds is 46. The van der Waals surface area contributed by atoms with Crippen molar-refractivity contribution in [3.05, 3.63) is 194 Å². The van der Waals surface area contributed by atoms with Crippen molar-refractivity contribution in [1.82, 2.24) is 0 Å². The maximum absolute atomic E-state index is 13.1.